The first-order chi connectivity index (χ1) is 16.0. The summed E-state index contributed by atoms with van der Waals surface area (Å²) in [5.41, 5.74) is 2.10. The van der Waals surface area contributed by atoms with Crippen LogP contribution in [0.15, 0.2) is 75.6 Å². The quantitative estimate of drug-likeness (QED) is 0.250. The van der Waals surface area contributed by atoms with Gasteiger partial charge in [0.15, 0.2) is 6.10 Å². The van der Waals surface area contributed by atoms with Crippen molar-refractivity contribution < 1.29 is 27.8 Å². The number of rotatable bonds is 8. The van der Waals surface area contributed by atoms with Gasteiger partial charge in [-0.25, -0.2) is 9.18 Å². The second-order valence-electron chi connectivity index (χ2n) is 7.26. The summed E-state index contributed by atoms with van der Waals surface area (Å²) in [4.78, 5) is 12.8. The Morgan fingerprint density at radius 1 is 1.03 bits per heavy atom. The third kappa shape index (κ3) is 4.88. The smallest absolute Gasteiger partial charge is 0.347 e. The highest BCUT2D eigenvalue weighted by Gasteiger charge is 2.26. The number of hydrogen-bond donors (Lipinski definition) is 0. The molecule has 4 aromatic rings. The molecule has 0 aliphatic carbocycles. The van der Waals surface area contributed by atoms with Crippen LogP contribution in [-0.2, 0) is 16.0 Å². The zero-order valence-corrected chi connectivity index (χ0v) is 19.7. The van der Waals surface area contributed by atoms with Gasteiger partial charge in [-0.05, 0) is 70.9 Å². The van der Waals surface area contributed by atoms with Gasteiger partial charge in [0.25, 0.3) is 0 Å². The summed E-state index contributed by atoms with van der Waals surface area (Å²) in [5, 5.41) is 0.672. The van der Waals surface area contributed by atoms with E-state index in [9.17, 15) is 9.18 Å². The molecule has 0 radical (unpaired) electrons. The van der Waals surface area contributed by atoms with E-state index in [2.05, 4.69) is 15.9 Å². The zero-order chi connectivity index (χ0) is 23.4. The second kappa shape index (κ2) is 10.1. The van der Waals surface area contributed by atoms with Crippen molar-refractivity contribution in [1.29, 1.82) is 0 Å². The molecule has 0 aliphatic heterocycles. The summed E-state index contributed by atoms with van der Waals surface area (Å²) in [6.07, 6.45) is -0.637. The van der Waals surface area contributed by atoms with Gasteiger partial charge >= 0.3 is 5.97 Å². The van der Waals surface area contributed by atoms with E-state index in [1.165, 1.54) is 12.1 Å². The van der Waals surface area contributed by atoms with Crippen molar-refractivity contribution in [2.75, 3.05) is 13.7 Å². The summed E-state index contributed by atoms with van der Waals surface area (Å²) in [6, 6.07) is 18.8. The van der Waals surface area contributed by atoms with E-state index in [4.69, 9.17) is 18.6 Å². The standard InChI is InChI=1S/C26H22BrFO5/c1-3-31-26(29)22(15-17-7-4-5-8-19(17)30-2)32-20-9-6-10-21-23(20)24(27)25(33-21)16-11-13-18(28)14-12-16/h4-14,22H,3,15H2,1-2H3. The molecular formula is C26H22BrFO5. The van der Waals surface area contributed by atoms with E-state index in [-0.39, 0.29) is 18.8 Å². The molecule has 1 aromatic heterocycles. The van der Waals surface area contributed by atoms with E-state index in [0.717, 1.165) is 5.56 Å². The zero-order valence-electron chi connectivity index (χ0n) is 18.1. The van der Waals surface area contributed by atoms with Crippen LogP contribution >= 0.6 is 15.9 Å². The van der Waals surface area contributed by atoms with Crippen LogP contribution in [0.25, 0.3) is 22.3 Å². The first-order valence-electron chi connectivity index (χ1n) is 10.4. The van der Waals surface area contributed by atoms with Crippen LogP contribution < -0.4 is 9.47 Å². The molecule has 1 atom stereocenters. The fraction of sp³-hybridized carbons (Fsp3) is 0.192. The van der Waals surface area contributed by atoms with E-state index < -0.39 is 12.1 Å². The predicted octanol–water partition coefficient (Wildman–Crippen LogP) is 6.56. The van der Waals surface area contributed by atoms with Crippen LogP contribution in [-0.4, -0.2) is 25.8 Å². The molecule has 0 saturated heterocycles. The largest absolute Gasteiger partial charge is 0.496 e. The fourth-order valence-electron chi connectivity index (χ4n) is 3.60. The Morgan fingerprint density at radius 2 is 1.76 bits per heavy atom. The Bertz CT molecular complexity index is 1270. The molecule has 0 bridgehead atoms. The number of para-hydroxylation sites is 1. The topological polar surface area (TPSA) is 57.9 Å². The van der Waals surface area contributed by atoms with Crippen LogP contribution in [0.2, 0.25) is 0 Å². The highest BCUT2D eigenvalue weighted by Crippen LogP contribution is 2.42. The van der Waals surface area contributed by atoms with Crippen molar-refractivity contribution in [3.63, 3.8) is 0 Å². The summed E-state index contributed by atoms with van der Waals surface area (Å²) in [7, 11) is 1.58. The lowest BCUT2D eigenvalue weighted by molar-refractivity contribution is -0.151. The van der Waals surface area contributed by atoms with Gasteiger partial charge < -0.3 is 18.6 Å². The van der Waals surface area contributed by atoms with Crippen molar-refractivity contribution in [3.05, 3.63) is 82.6 Å². The first kappa shape index (κ1) is 22.9. The minimum absolute atomic E-state index is 0.235. The highest BCUT2D eigenvalue weighted by atomic mass is 79.9. The van der Waals surface area contributed by atoms with Crippen LogP contribution in [0.4, 0.5) is 4.39 Å². The van der Waals surface area contributed by atoms with Gasteiger partial charge in [-0.15, -0.1) is 0 Å². The van der Waals surface area contributed by atoms with E-state index in [0.29, 0.717) is 38.3 Å². The lowest BCUT2D eigenvalue weighted by Gasteiger charge is -2.19. The van der Waals surface area contributed by atoms with E-state index >= 15 is 0 Å². The van der Waals surface area contributed by atoms with Crippen LogP contribution in [0.5, 0.6) is 11.5 Å². The molecule has 0 fully saturated rings. The van der Waals surface area contributed by atoms with Gasteiger partial charge in [0, 0.05) is 12.0 Å². The maximum Gasteiger partial charge on any atom is 0.347 e. The lowest BCUT2D eigenvalue weighted by atomic mass is 10.1. The van der Waals surface area contributed by atoms with Crippen molar-refractivity contribution in [2.45, 2.75) is 19.4 Å². The number of furan rings is 1. The van der Waals surface area contributed by atoms with Gasteiger partial charge in [0.05, 0.1) is 23.6 Å². The highest BCUT2D eigenvalue weighted by molar-refractivity contribution is 9.10. The average Bonchev–Trinajstić information content (AvgIpc) is 3.17. The Balaban J connectivity index is 1.72. The minimum Gasteiger partial charge on any atom is -0.496 e. The number of halogens is 2. The number of benzene rings is 3. The number of carbonyl (C=O) groups is 1. The monoisotopic (exact) mass is 512 g/mol. The molecule has 0 saturated carbocycles. The molecule has 3 aromatic carbocycles. The third-order valence-electron chi connectivity index (χ3n) is 5.14. The molecule has 0 aliphatic rings. The lowest BCUT2D eigenvalue weighted by Crippen LogP contribution is -2.32. The van der Waals surface area contributed by atoms with Gasteiger partial charge in [-0.3, -0.25) is 0 Å². The molecule has 0 amide bonds. The fourth-order valence-corrected chi connectivity index (χ4v) is 4.30. The van der Waals surface area contributed by atoms with Gasteiger partial charge in [-0.2, -0.15) is 0 Å². The molecule has 1 heterocycles. The molecule has 0 N–H and O–H groups in total. The summed E-state index contributed by atoms with van der Waals surface area (Å²) in [6.45, 7) is 1.99. The summed E-state index contributed by atoms with van der Waals surface area (Å²) >= 11 is 3.60. The van der Waals surface area contributed by atoms with Crippen LogP contribution in [0, 0.1) is 5.82 Å². The van der Waals surface area contributed by atoms with Crippen molar-refractivity contribution in [3.8, 4) is 22.8 Å². The summed E-state index contributed by atoms with van der Waals surface area (Å²) in [5.74, 6) is 0.863. The molecule has 7 heteroatoms. The third-order valence-corrected chi connectivity index (χ3v) is 5.90. The second-order valence-corrected chi connectivity index (χ2v) is 8.05. The van der Waals surface area contributed by atoms with Gasteiger partial charge in [0.2, 0.25) is 0 Å². The van der Waals surface area contributed by atoms with E-state index in [1.807, 2.05) is 24.3 Å². The molecule has 1 unspecified atom stereocenters. The Morgan fingerprint density at radius 3 is 2.48 bits per heavy atom. The Kier molecular flexibility index (Phi) is 6.99. The molecule has 33 heavy (non-hydrogen) atoms. The minimum atomic E-state index is -0.900. The number of esters is 1. The maximum absolute atomic E-state index is 13.4. The number of ether oxygens (including phenoxy) is 3. The van der Waals surface area contributed by atoms with Crippen LogP contribution in [0.1, 0.15) is 12.5 Å². The predicted molar refractivity (Wildman–Crippen MR) is 127 cm³/mol. The molecule has 0 spiro atoms. The van der Waals surface area contributed by atoms with Crippen molar-refractivity contribution in [1.82, 2.24) is 0 Å². The number of fused-ring (bicyclic) bond motifs is 1. The van der Waals surface area contributed by atoms with Crippen molar-refractivity contribution in [2.24, 2.45) is 0 Å². The molecule has 4 rings (SSSR count). The average molecular weight is 513 g/mol. The SMILES string of the molecule is CCOC(=O)C(Cc1ccccc1OC)Oc1cccc2oc(-c3ccc(F)cc3)c(Br)c12. The Hall–Kier alpha value is -3.32. The number of carbonyl (C=O) groups excluding carboxylic acids is 1. The molecule has 5 nitrogen and oxygen atoms in total. The van der Waals surface area contributed by atoms with E-state index in [1.54, 1.807) is 44.4 Å². The first-order valence-corrected chi connectivity index (χ1v) is 11.2. The van der Waals surface area contributed by atoms with Crippen molar-refractivity contribution >= 4 is 32.9 Å². The summed E-state index contributed by atoms with van der Waals surface area (Å²) < 4.78 is 37.0. The Labute approximate surface area is 199 Å². The maximum atomic E-state index is 13.4. The number of hydrogen-bond acceptors (Lipinski definition) is 5. The normalized spacial score (nSPS) is 11.9. The van der Waals surface area contributed by atoms with Gasteiger partial charge in [-0.1, -0.05) is 24.3 Å². The number of methoxy groups -OCH3 is 1. The van der Waals surface area contributed by atoms with Gasteiger partial charge in [0.1, 0.15) is 28.7 Å². The molecular weight excluding hydrogens is 491 g/mol. The molecule has 170 valence electrons. The van der Waals surface area contributed by atoms with Crippen LogP contribution in [0.3, 0.4) is 0 Å².